The number of hydrogen-bond donors (Lipinski definition) is 1. The normalized spacial score (nSPS) is 14.5. The van der Waals surface area contributed by atoms with E-state index in [1.54, 1.807) is 11.4 Å². The zero-order valence-corrected chi connectivity index (χ0v) is 16.4. The maximum Gasteiger partial charge on any atom is 0.336 e. The summed E-state index contributed by atoms with van der Waals surface area (Å²) in [5.74, 6) is -0.487. The quantitative estimate of drug-likeness (QED) is 0.698. The van der Waals surface area contributed by atoms with Crippen LogP contribution in [0.4, 0.5) is 5.88 Å². The van der Waals surface area contributed by atoms with Gasteiger partial charge in [-0.25, -0.2) is 4.79 Å². The van der Waals surface area contributed by atoms with Crippen molar-refractivity contribution in [2.24, 2.45) is 0 Å². The van der Waals surface area contributed by atoms with Gasteiger partial charge in [-0.05, 0) is 18.1 Å². The first kappa shape index (κ1) is 18.7. The Hall–Kier alpha value is -2.64. The molecule has 4 rings (SSSR count). The van der Waals surface area contributed by atoms with Gasteiger partial charge >= 0.3 is 5.97 Å². The van der Waals surface area contributed by atoms with Gasteiger partial charge in [-0.3, -0.25) is 4.79 Å². The Morgan fingerprint density at radius 3 is 2.71 bits per heavy atom. The average Bonchev–Trinajstić information content (AvgIpc) is 3.13. The molecule has 1 aromatic carbocycles. The third-order valence-corrected chi connectivity index (χ3v) is 5.87. The number of rotatable bonds is 5. The summed E-state index contributed by atoms with van der Waals surface area (Å²) in [7, 11) is 0. The first-order valence-corrected chi connectivity index (χ1v) is 10.2. The van der Waals surface area contributed by atoms with Crippen molar-refractivity contribution in [3.63, 3.8) is 0 Å². The summed E-state index contributed by atoms with van der Waals surface area (Å²) in [5.41, 5.74) is 2.76. The Morgan fingerprint density at radius 2 is 2.00 bits per heavy atom. The third kappa shape index (κ3) is 3.43. The lowest BCUT2D eigenvalue weighted by molar-refractivity contribution is 0.0697. The molecule has 0 atom stereocenters. The molecule has 1 aliphatic heterocycles. The van der Waals surface area contributed by atoms with E-state index >= 15 is 0 Å². The van der Waals surface area contributed by atoms with Crippen LogP contribution in [0.15, 0.2) is 38.9 Å². The van der Waals surface area contributed by atoms with E-state index in [-0.39, 0.29) is 11.0 Å². The molecule has 1 saturated heterocycles. The summed E-state index contributed by atoms with van der Waals surface area (Å²) in [5, 5.41) is 11.5. The topological polar surface area (TPSA) is 80.0 Å². The van der Waals surface area contributed by atoms with E-state index in [9.17, 15) is 14.7 Å². The minimum absolute atomic E-state index is 0.113. The zero-order valence-electron chi connectivity index (χ0n) is 15.6. The van der Waals surface area contributed by atoms with Crippen molar-refractivity contribution in [3.05, 3.63) is 51.0 Å². The number of carboxylic acid groups (broad SMARTS) is 1. The van der Waals surface area contributed by atoms with Crippen LogP contribution in [0.3, 0.4) is 0 Å². The fraction of sp³-hybridized carbons (Fsp3) is 0.333. The number of thiophene rings is 1. The summed E-state index contributed by atoms with van der Waals surface area (Å²) in [4.78, 5) is 26.5. The molecule has 1 fully saturated rings. The molecule has 0 radical (unpaired) electrons. The highest BCUT2D eigenvalue weighted by atomic mass is 32.1. The van der Waals surface area contributed by atoms with Crippen LogP contribution >= 0.6 is 11.3 Å². The fourth-order valence-corrected chi connectivity index (χ4v) is 4.41. The van der Waals surface area contributed by atoms with Crippen molar-refractivity contribution in [1.82, 2.24) is 0 Å². The van der Waals surface area contributed by atoms with E-state index in [1.807, 2.05) is 17.0 Å². The van der Waals surface area contributed by atoms with Crippen LogP contribution in [-0.4, -0.2) is 37.4 Å². The molecule has 7 heteroatoms. The second-order valence-corrected chi connectivity index (χ2v) is 7.67. The molecule has 146 valence electrons. The van der Waals surface area contributed by atoms with Gasteiger partial charge in [0.15, 0.2) is 11.5 Å². The van der Waals surface area contributed by atoms with Gasteiger partial charge in [-0.1, -0.05) is 25.5 Å². The monoisotopic (exact) mass is 399 g/mol. The predicted octanol–water partition coefficient (Wildman–Crippen LogP) is 4.01. The SMILES string of the molecule is CCCc1ccc(-c2csc3c(=O)cc(N4CCOCC4)oc23)c(C(=O)O)c1. The van der Waals surface area contributed by atoms with Crippen LogP contribution < -0.4 is 10.3 Å². The van der Waals surface area contributed by atoms with Gasteiger partial charge in [-0.15, -0.1) is 11.3 Å². The molecule has 28 heavy (non-hydrogen) atoms. The second kappa shape index (κ2) is 7.77. The van der Waals surface area contributed by atoms with Gasteiger partial charge in [0.2, 0.25) is 5.43 Å². The van der Waals surface area contributed by atoms with Crippen molar-refractivity contribution in [3.8, 4) is 11.1 Å². The standard InChI is InChI=1S/C21H21NO5S/c1-2-3-13-4-5-14(15(10-13)21(24)25)16-12-28-20-17(23)11-18(27-19(16)20)22-6-8-26-9-7-22/h4-5,10-12H,2-3,6-9H2,1H3,(H,24,25). The van der Waals surface area contributed by atoms with Crippen molar-refractivity contribution < 1.29 is 19.1 Å². The number of fused-ring (bicyclic) bond motifs is 1. The lowest BCUT2D eigenvalue weighted by Gasteiger charge is -2.27. The Labute approximate surface area is 166 Å². The Kier molecular flexibility index (Phi) is 5.19. The molecule has 0 unspecified atom stereocenters. The van der Waals surface area contributed by atoms with E-state index in [1.165, 1.54) is 17.4 Å². The van der Waals surface area contributed by atoms with E-state index in [0.29, 0.717) is 53.6 Å². The van der Waals surface area contributed by atoms with Gasteiger partial charge in [0.25, 0.3) is 0 Å². The summed E-state index contributed by atoms with van der Waals surface area (Å²) in [6, 6.07) is 6.99. The lowest BCUT2D eigenvalue weighted by Crippen LogP contribution is -2.36. The Balaban J connectivity index is 1.86. The van der Waals surface area contributed by atoms with Crippen molar-refractivity contribution in [2.45, 2.75) is 19.8 Å². The molecule has 0 saturated carbocycles. The van der Waals surface area contributed by atoms with Gasteiger partial charge in [0, 0.05) is 35.7 Å². The van der Waals surface area contributed by atoms with Gasteiger partial charge in [-0.2, -0.15) is 0 Å². The van der Waals surface area contributed by atoms with Crippen LogP contribution in [0, 0.1) is 0 Å². The molecule has 3 heterocycles. The predicted molar refractivity (Wildman–Crippen MR) is 110 cm³/mol. The number of morpholine rings is 1. The minimum Gasteiger partial charge on any atom is -0.478 e. The number of aryl methyl sites for hydroxylation is 1. The number of carbonyl (C=O) groups is 1. The zero-order chi connectivity index (χ0) is 19.7. The Bertz CT molecular complexity index is 1080. The highest BCUT2D eigenvalue weighted by molar-refractivity contribution is 7.17. The van der Waals surface area contributed by atoms with Crippen LogP contribution in [0.5, 0.6) is 0 Å². The fourth-order valence-electron chi connectivity index (χ4n) is 3.50. The number of benzene rings is 1. The number of aromatic carboxylic acids is 1. The summed E-state index contributed by atoms with van der Waals surface area (Å²) in [6.07, 6.45) is 1.76. The molecule has 1 aliphatic rings. The largest absolute Gasteiger partial charge is 0.478 e. The van der Waals surface area contributed by atoms with E-state index < -0.39 is 5.97 Å². The molecule has 0 aliphatic carbocycles. The van der Waals surface area contributed by atoms with Crippen LogP contribution in [-0.2, 0) is 11.2 Å². The maximum absolute atomic E-state index is 12.6. The highest BCUT2D eigenvalue weighted by Crippen LogP contribution is 2.36. The molecule has 1 N–H and O–H groups in total. The van der Waals surface area contributed by atoms with Crippen molar-refractivity contribution in [1.29, 1.82) is 0 Å². The second-order valence-electron chi connectivity index (χ2n) is 6.79. The molecule has 2 aromatic heterocycles. The number of anilines is 1. The van der Waals surface area contributed by atoms with E-state index in [0.717, 1.165) is 18.4 Å². The minimum atomic E-state index is -0.987. The lowest BCUT2D eigenvalue weighted by atomic mass is 9.97. The summed E-state index contributed by atoms with van der Waals surface area (Å²) >= 11 is 1.28. The van der Waals surface area contributed by atoms with E-state index in [2.05, 4.69) is 6.92 Å². The van der Waals surface area contributed by atoms with Crippen LogP contribution in [0.2, 0.25) is 0 Å². The highest BCUT2D eigenvalue weighted by Gasteiger charge is 2.21. The number of hydrogen-bond acceptors (Lipinski definition) is 6. The molecular weight excluding hydrogens is 378 g/mol. The van der Waals surface area contributed by atoms with Crippen LogP contribution in [0.1, 0.15) is 29.3 Å². The van der Waals surface area contributed by atoms with Crippen molar-refractivity contribution in [2.75, 3.05) is 31.2 Å². The van der Waals surface area contributed by atoms with Gasteiger partial charge in [0.05, 0.1) is 18.8 Å². The molecule has 0 spiro atoms. The summed E-state index contributed by atoms with van der Waals surface area (Å²) < 4.78 is 12.0. The maximum atomic E-state index is 12.6. The van der Waals surface area contributed by atoms with E-state index in [4.69, 9.17) is 9.15 Å². The first-order valence-electron chi connectivity index (χ1n) is 9.33. The number of ether oxygens (including phenoxy) is 1. The number of nitrogens with zero attached hydrogens (tertiary/aromatic N) is 1. The van der Waals surface area contributed by atoms with Crippen LogP contribution in [0.25, 0.3) is 21.4 Å². The molecule has 3 aromatic rings. The molecule has 0 amide bonds. The molecular formula is C21H21NO5S. The van der Waals surface area contributed by atoms with Gasteiger partial charge in [0.1, 0.15) is 4.70 Å². The third-order valence-electron chi connectivity index (χ3n) is 4.90. The summed E-state index contributed by atoms with van der Waals surface area (Å²) in [6.45, 7) is 4.53. The smallest absolute Gasteiger partial charge is 0.336 e. The first-order chi connectivity index (χ1) is 13.6. The number of carboxylic acids is 1. The Morgan fingerprint density at radius 1 is 1.21 bits per heavy atom. The van der Waals surface area contributed by atoms with Crippen molar-refractivity contribution >= 4 is 33.5 Å². The molecule has 6 nitrogen and oxygen atoms in total. The molecule has 0 bridgehead atoms. The average molecular weight is 399 g/mol. The van der Waals surface area contributed by atoms with Gasteiger partial charge < -0.3 is 19.2 Å².